The van der Waals surface area contributed by atoms with Gasteiger partial charge in [-0.15, -0.1) is 0 Å². The minimum absolute atomic E-state index is 0.0626. The van der Waals surface area contributed by atoms with Crippen molar-refractivity contribution in [2.45, 2.75) is 23.2 Å². The fourth-order valence-corrected chi connectivity index (χ4v) is 6.96. The Morgan fingerprint density at radius 2 is 1.54 bits per heavy atom. The molecule has 0 unspecified atom stereocenters. The molecule has 4 heterocycles. The van der Waals surface area contributed by atoms with Crippen molar-refractivity contribution >= 4 is 32.7 Å². The Kier molecular flexibility index (Phi) is 4.88. The number of hydrogen-bond acceptors (Lipinski definition) is 5. The molecular formula is C27H26N4O3S. The number of benzene rings is 2. The van der Waals surface area contributed by atoms with Crippen LogP contribution in [0.5, 0.6) is 0 Å². The van der Waals surface area contributed by atoms with Gasteiger partial charge >= 0.3 is 0 Å². The summed E-state index contributed by atoms with van der Waals surface area (Å²) in [5, 5.41) is 0.746. The third kappa shape index (κ3) is 3.10. The monoisotopic (exact) mass is 486 g/mol. The SMILES string of the molecule is CN1CCC2(CC1)C(=O)N(C)c1cnc3c(c(-c4ccccc4)cn3S(=O)(=O)c3ccccc3)c12. The van der Waals surface area contributed by atoms with Gasteiger partial charge in [0, 0.05) is 29.8 Å². The number of aromatic nitrogens is 2. The Labute approximate surface area is 204 Å². The van der Waals surface area contributed by atoms with Gasteiger partial charge in [-0.05, 0) is 50.7 Å². The standard InChI is InChI=1S/C27H26N4O3S/c1-29-15-13-27(14-16-29)24-22(30(2)26(27)32)17-28-25-23(24)21(19-9-5-3-6-10-19)18-31(25)35(33,34)20-11-7-4-8-12-20/h3-12,17-18H,13-16H2,1-2H3. The molecule has 35 heavy (non-hydrogen) atoms. The van der Waals surface area contributed by atoms with Crippen LogP contribution >= 0.6 is 0 Å². The summed E-state index contributed by atoms with van der Waals surface area (Å²) in [6.07, 6.45) is 4.70. The highest BCUT2D eigenvalue weighted by Crippen LogP contribution is 2.52. The van der Waals surface area contributed by atoms with Crippen LogP contribution in [0.25, 0.3) is 22.2 Å². The van der Waals surface area contributed by atoms with Crippen molar-refractivity contribution in [2.24, 2.45) is 0 Å². The Bertz CT molecular complexity index is 1550. The highest BCUT2D eigenvalue weighted by molar-refractivity contribution is 7.90. The third-order valence-electron chi connectivity index (χ3n) is 7.54. The van der Waals surface area contributed by atoms with E-state index in [1.807, 2.05) is 30.3 Å². The topological polar surface area (TPSA) is 75.5 Å². The van der Waals surface area contributed by atoms with E-state index < -0.39 is 15.4 Å². The number of anilines is 1. The van der Waals surface area contributed by atoms with E-state index in [0.717, 1.165) is 40.9 Å². The Hall–Kier alpha value is -3.49. The number of likely N-dealkylation sites (tertiary alicyclic amines) is 1. The number of hydrogen-bond donors (Lipinski definition) is 0. The molecule has 2 aromatic heterocycles. The number of pyridine rings is 1. The number of carbonyl (C=O) groups is 1. The van der Waals surface area contributed by atoms with Gasteiger partial charge in [0.25, 0.3) is 10.0 Å². The first-order valence-corrected chi connectivity index (χ1v) is 13.2. The number of amides is 1. The highest BCUT2D eigenvalue weighted by Gasteiger charge is 2.52. The average molecular weight is 487 g/mol. The number of carbonyl (C=O) groups excluding carboxylic acids is 1. The van der Waals surface area contributed by atoms with Gasteiger partial charge < -0.3 is 9.80 Å². The quantitative estimate of drug-likeness (QED) is 0.439. The summed E-state index contributed by atoms with van der Waals surface area (Å²) in [4.78, 5) is 22.5. The van der Waals surface area contributed by atoms with Gasteiger partial charge in [-0.1, -0.05) is 48.5 Å². The molecule has 0 N–H and O–H groups in total. The first-order chi connectivity index (χ1) is 16.8. The molecule has 0 saturated carbocycles. The van der Waals surface area contributed by atoms with E-state index in [-0.39, 0.29) is 10.8 Å². The first kappa shape index (κ1) is 22.0. The van der Waals surface area contributed by atoms with Crippen LogP contribution < -0.4 is 4.90 Å². The number of likely N-dealkylation sites (N-methyl/N-ethyl adjacent to an activating group) is 1. The van der Waals surface area contributed by atoms with Crippen LogP contribution in [0, 0.1) is 0 Å². The predicted octanol–water partition coefficient (Wildman–Crippen LogP) is 3.88. The molecule has 0 bridgehead atoms. The maximum atomic E-state index is 13.8. The molecule has 1 spiro atoms. The molecule has 2 aliphatic rings. The molecule has 0 atom stereocenters. The molecule has 1 amide bonds. The van der Waals surface area contributed by atoms with Gasteiger partial charge in [-0.3, -0.25) is 4.79 Å². The van der Waals surface area contributed by atoms with Crippen LogP contribution in [0.15, 0.2) is 78.0 Å². The minimum Gasteiger partial charge on any atom is -0.313 e. The van der Waals surface area contributed by atoms with Crippen LogP contribution in [0.2, 0.25) is 0 Å². The van der Waals surface area contributed by atoms with Crippen LogP contribution in [-0.2, 0) is 20.2 Å². The van der Waals surface area contributed by atoms with Crippen LogP contribution in [-0.4, -0.2) is 55.4 Å². The fourth-order valence-electron chi connectivity index (χ4n) is 5.62. The summed E-state index contributed by atoms with van der Waals surface area (Å²) >= 11 is 0. The lowest BCUT2D eigenvalue weighted by molar-refractivity contribution is -0.124. The summed E-state index contributed by atoms with van der Waals surface area (Å²) in [5.74, 6) is 0.0626. The van der Waals surface area contributed by atoms with Crippen molar-refractivity contribution in [3.8, 4) is 11.1 Å². The zero-order chi connectivity index (χ0) is 24.4. The predicted molar refractivity (Wildman–Crippen MR) is 136 cm³/mol. The van der Waals surface area contributed by atoms with Crippen molar-refractivity contribution < 1.29 is 13.2 Å². The molecule has 2 aromatic carbocycles. The molecule has 8 heteroatoms. The molecule has 1 fully saturated rings. The van der Waals surface area contributed by atoms with Gasteiger partial charge in [0.15, 0.2) is 5.65 Å². The molecule has 0 aliphatic carbocycles. The van der Waals surface area contributed by atoms with E-state index in [2.05, 4.69) is 16.9 Å². The van der Waals surface area contributed by atoms with E-state index in [0.29, 0.717) is 18.5 Å². The molecule has 178 valence electrons. The Morgan fingerprint density at radius 1 is 0.914 bits per heavy atom. The van der Waals surface area contributed by atoms with E-state index in [4.69, 9.17) is 0 Å². The Morgan fingerprint density at radius 3 is 2.20 bits per heavy atom. The molecule has 0 radical (unpaired) electrons. The molecule has 7 nitrogen and oxygen atoms in total. The lowest BCUT2D eigenvalue weighted by Crippen LogP contribution is -2.47. The number of rotatable bonds is 3. The molecule has 4 aromatic rings. The van der Waals surface area contributed by atoms with Crippen LogP contribution in [0.4, 0.5) is 5.69 Å². The molecule has 6 rings (SSSR count). The smallest absolute Gasteiger partial charge is 0.269 e. The van der Waals surface area contributed by atoms with E-state index in [1.54, 1.807) is 54.7 Å². The second-order valence-corrected chi connectivity index (χ2v) is 11.3. The molecule has 2 aliphatic heterocycles. The van der Waals surface area contributed by atoms with E-state index >= 15 is 0 Å². The first-order valence-electron chi connectivity index (χ1n) is 11.7. The van der Waals surface area contributed by atoms with Crippen molar-refractivity contribution in [3.05, 3.63) is 78.6 Å². The van der Waals surface area contributed by atoms with Gasteiger partial charge in [-0.25, -0.2) is 17.4 Å². The van der Waals surface area contributed by atoms with Crippen molar-refractivity contribution in [2.75, 3.05) is 32.1 Å². The third-order valence-corrected chi connectivity index (χ3v) is 9.21. The maximum Gasteiger partial charge on any atom is 0.269 e. The number of piperidine rings is 1. The van der Waals surface area contributed by atoms with E-state index in [1.165, 1.54) is 3.97 Å². The molecular weight excluding hydrogens is 460 g/mol. The molecule has 1 saturated heterocycles. The van der Waals surface area contributed by atoms with Crippen LogP contribution in [0.3, 0.4) is 0 Å². The van der Waals surface area contributed by atoms with Gasteiger partial charge in [0.2, 0.25) is 5.91 Å². The summed E-state index contributed by atoms with van der Waals surface area (Å²) in [6.45, 7) is 1.60. The summed E-state index contributed by atoms with van der Waals surface area (Å²) < 4.78 is 28.8. The summed E-state index contributed by atoms with van der Waals surface area (Å²) in [5.41, 5.74) is 2.99. The summed E-state index contributed by atoms with van der Waals surface area (Å²) in [6, 6.07) is 18.1. The minimum atomic E-state index is -3.90. The van der Waals surface area contributed by atoms with Crippen molar-refractivity contribution in [1.82, 2.24) is 13.9 Å². The fraction of sp³-hybridized carbons (Fsp3) is 0.259. The zero-order valence-electron chi connectivity index (χ0n) is 19.7. The van der Waals surface area contributed by atoms with Gasteiger partial charge in [0.1, 0.15) is 0 Å². The Balaban J connectivity index is 1.71. The van der Waals surface area contributed by atoms with Crippen molar-refractivity contribution in [3.63, 3.8) is 0 Å². The van der Waals surface area contributed by atoms with Gasteiger partial charge in [-0.2, -0.15) is 0 Å². The lowest BCUT2D eigenvalue weighted by Gasteiger charge is -2.37. The summed E-state index contributed by atoms with van der Waals surface area (Å²) in [7, 11) is -0.0408. The highest BCUT2D eigenvalue weighted by atomic mass is 32.2. The lowest BCUT2D eigenvalue weighted by atomic mass is 9.72. The number of nitrogens with zero attached hydrogens (tertiary/aromatic N) is 4. The zero-order valence-corrected chi connectivity index (χ0v) is 20.5. The second-order valence-electron chi connectivity index (χ2n) is 9.49. The number of fused-ring (bicyclic) bond motifs is 4. The van der Waals surface area contributed by atoms with Crippen molar-refractivity contribution in [1.29, 1.82) is 0 Å². The van der Waals surface area contributed by atoms with Crippen LogP contribution in [0.1, 0.15) is 18.4 Å². The maximum absolute atomic E-state index is 13.8. The largest absolute Gasteiger partial charge is 0.313 e. The normalized spacial score (nSPS) is 17.9. The average Bonchev–Trinajstić information content (AvgIpc) is 3.38. The van der Waals surface area contributed by atoms with E-state index in [9.17, 15) is 13.2 Å². The van der Waals surface area contributed by atoms with Gasteiger partial charge in [0.05, 0.1) is 22.2 Å². The second kappa shape index (κ2) is 7.76.